The highest BCUT2D eigenvalue weighted by atomic mass is 35.5. The number of aromatic amines is 2. The predicted octanol–water partition coefficient (Wildman–Crippen LogP) is -0.267. The molecule has 0 saturated heterocycles. The van der Waals surface area contributed by atoms with Crippen molar-refractivity contribution >= 4 is 19.2 Å². The molecule has 7 nitrogen and oxygen atoms in total. The highest BCUT2D eigenvalue weighted by molar-refractivity contribution is 7.48. The summed E-state index contributed by atoms with van der Waals surface area (Å²) in [5.74, 6) is 0. The van der Waals surface area contributed by atoms with E-state index in [1.807, 2.05) is 0 Å². The van der Waals surface area contributed by atoms with Crippen LogP contribution in [0.15, 0.2) is 9.59 Å². The molecule has 0 radical (unpaired) electrons. The minimum absolute atomic E-state index is 0.0253. The number of aromatic nitrogens is 2. The van der Waals surface area contributed by atoms with E-state index in [4.69, 9.17) is 11.6 Å². The molecular formula is C10H14ClN2O5P-2. The van der Waals surface area contributed by atoms with Crippen molar-refractivity contribution in [3.05, 3.63) is 31.6 Å². The molecule has 19 heavy (non-hydrogen) atoms. The molecule has 1 aromatic heterocycles. The van der Waals surface area contributed by atoms with Gasteiger partial charge in [-0.3, -0.25) is 14.8 Å². The first-order valence-corrected chi connectivity index (χ1v) is 7.92. The topological polar surface area (TPSA) is 129 Å². The molecular weight excluding hydrogens is 295 g/mol. The summed E-state index contributed by atoms with van der Waals surface area (Å²) in [6.45, 7) is 0. The molecule has 0 fully saturated rings. The molecule has 108 valence electrons. The van der Waals surface area contributed by atoms with Gasteiger partial charge in [0.2, 0.25) is 0 Å². The zero-order valence-corrected chi connectivity index (χ0v) is 11.8. The van der Waals surface area contributed by atoms with Crippen molar-refractivity contribution in [3.8, 4) is 0 Å². The summed E-state index contributed by atoms with van der Waals surface area (Å²) in [7, 11) is -4.41. The average Bonchev–Trinajstić information content (AvgIpc) is 2.24. The lowest BCUT2D eigenvalue weighted by Crippen LogP contribution is -2.25. The number of H-pyrrole nitrogens is 2. The summed E-state index contributed by atoms with van der Waals surface area (Å²) in [4.78, 5) is 47.5. The fourth-order valence-electron chi connectivity index (χ4n) is 1.67. The van der Waals surface area contributed by atoms with Crippen molar-refractivity contribution in [2.75, 3.05) is 6.16 Å². The van der Waals surface area contributed by atoms with Crippen molar-refractivity contribution in [3.63, 3.8) is 0 Å². The first kappa shape index (κ1) is 16.2. The molecule has 0 aliphatic heterocycles. The van der Waals surface area contributed by atoms with E-state index in [0.29, 0.717) is 37.7 Å². The van der Waals surface area contributed by atoms with Gasteiger partial charge in [0, 0.05) is 0 Å². The van der Waals surface area contributed by atoms with Gasteiger partial charge in [0.25, 0.3) is 5.56 Å². The Hall–Kier alpha value is -0.880. The molecule has 0 saturated carbocycles. The fraction of sp³-hybridized carbons (Fsp3) is 0.600. The Morgan fingerprint density at radius 1 is 1.05 bits per heavy atom. The number of rotatable bonds is 7. The fourth-order valence-corrected chi connectivity index (χ4v) is 2.55. The van der Waals surface area contributed by atoms with Crippen LogP contribution in [-0.2, 0) is 11.0 Å². The lowest BCUT2D eigenvalue weighted by Gasteiger charge is -2.29. The highest BCUT2D eigenvalue weighted by Gasteiger charge is 2.06. The van der Waals surface area contributed by atoms with Crippen molar-refractivity contribution in [2.45, 2.75) is 32.1 Å². The quantitative estimate of drug-likeness (QED) is 0.407. The highest BCUT2D eigenvalue weighted by Crippen LogP contribution is 2.25. The van der Waals surface area contributed by atoms with Crippen molar-refractivity contribution in [2.24, 2.45) is 0 Å². The van der Waals surface area contributed by atoms with Gasteiger partial charge in [-0.2, -0.15) is 0 Å². The minimum Gasteiger partial charge on any atom is -0.811 e. The zero-order chi connectivity index (χ0) is 14.5. The van der Waals surface area contributed by atoms with Gasteiger partial charge in [0.15, 0.2) is 0 Å². The van der Waals surface area contributed by atoms with Gasteiger partial charge in [-0.15, -0.1) is 0 Å². The second-order valence-electron chi connectivity index (χ2n) is 4.20. The first-order chi connectivity index (χ1) is 8.79. The molecule has 0 aromatic carbocycles. The van der Waals surface area contributed by atoms with Crippen LogP contribution in [0.5, 0.6) is 0 Å². The Kier molecular flexibility index (Phi) is 6.00. The first-order valence-electron chi connectivity index (χ1n) is 5.81. The van der Waals surface area contributed by atoms with Gasteiger partial charge in [0.1, 0.15) is 5.15 Å². The number of halogens is 1. The maximum absolute atomic E-state index is 11.4. The Morgan fingerprint density at radius 3 is 2.26 bits per heavy atom. The van der Waals surface area contributed by atoms with Crippen LogP contribution in [0.2, 0.25) is 5.15 Å². The molecule has 1 heterocycles. The largest absolute Gasteiger partial charge is 0.811 e. The van der Waals surface area contributed by atoms with E-state index in [-0.39, 0.29) is 11.3 Å². The Bertz CT molecular complexity index is 576. The number of unbranched alkanes of at least 4 members (excludes halogenated alkanes) is 3. The summed E-state index contributed by atoms with van der Waals surface area (Å²) in [6, 6.07) is 0. The molecule has 1 aromatic rings. The van der Waals surface area contributed by atoms with Crippen LogP contribution in [0.25, 0.3) is 0 Å². The van der Waals surface area contributed by atoms with Gasteiger partial charge in [-0.25, -0.2) is 4.79 Å². The molecule has 0 aliphatic carbocycles. The monoisotopic (exact) mass is 308 g/mol. The maximum atomic E-state index is 11.4. The average molecular weight is 309 g/mol. The van der Waals surface area contributed by atoms with Crippen molar-refractivity contribution in [1.29, 1.82) is 0 Å². The molecule has 2 N–H and O–H groups in total. The van der Waals surface area contributed by atoms with Crippen LogP contribution in [-0.4, -0.2) is 16.1 Å². The van der Waals surface area contributed by atoms with E-state index in [2.05, 4.69) is 9.97 Å². The summed E-state index contributed by atoms with van der Waals surface area (Å²) in [5, 5.41) is 0.0253. The van der Waals surface area contributed by atoms with Gasteiger partial charge in [-0.05, 0) is 25.4 Å². The van der Waals surface area contributed by atoms with E-state index in [0.717, 1.165) is 0 Å². The van der Waals surface area contributed by atoms with E-state index < -0.39 is 18.8 Å². The number of nitrogens with one attached hydrogen (secondary N) is 2. The van der Waals surface area contributed by atoms with E-state index in [1.165, 1.54) is 0 Å². The van der Waals surface area contributed by atoms with Crippen molar-refractivity contribution in [1.82, 2.24) is 9.97 Å². The predicted molar refractivity (Wildman–Crippen MR) is 67.3 cm³/mol. The zero-order valence-electron chi connectivity index (χ0n) is 10.1. The van der Waals surface area contributed by atoms with Crippen LogP contribution in [0.3, 0.4) is 0 Å². The summed E-state index contributed by atoms with van der Waals surface area (Å²) in [6.07, 6.45) is 2.25. The summed E-state index contributed by atoms with van der Waals surface area (Å²) >= 11 is 5.74. The normalized spacial score (nSPS) is 11.7. The number of hydrogen-bond acceptors (Lipinski definition) is 5. The van der Waals surface area contributed by atoms with Gasteiger partial charge < -0.3 is 14.4 Å². The third-order valence-electron chi connectivity index (χ3n) is 2.60. The maximum Gasteiger partial charge on any atom is 0.326 e. The third kappa shape index (κ3) is 6.20. The van der Waals surface area contributed by atoms with Gasteiger partial charge in [-0.1, -0.05) is 32.0 Å². The van der Waals surface area contributed by atoms with E-state index in [1.54, 1.807) is 0 Å². The Morgan fingerprint density at radius 2 is 1.68 bits per heavy atom. The molecule has 0 unspecified atom stereocenters. The van der Waals surface area contributed by atoms with Crippen LogP contribution >= 0.6 is 19.2 Å². The van der Waals surface area contributed by atoms with E-state index >= 15 is 0 Å². The van der Waals surface area contributed by atoms with Gasteiger partial charge in [0.05, 0.1) is 5.56 Å². The molecule has 0 atom stereocenters. The lowest BCUT2D eigenvalue weighted by atomic mass is 10.1. The summed E-state index contributed by atoms with van der Waals surface area (Å²) in [5.41, 5.74) is -0.864. The van der Waals surface area contributed by atoms with Crippen LogP contribution < -0.4 is 21.0 Å². The molecule has 1 rings (SSSR count). The molecule has 0 amide bonds. The van der Waals surface area contributed by atoms with E-state index in [9.17, 15) is 23.9 Å². The number of hydrogen-bond donors (Lipinski definition) is 2. The van der Waals surface area contributed by atoms with Gasteiger partial charge >= 0.3 is 5.69 Å². The van der Waals surface area contributed by atoms with Crippen LogP contribution in [0.4, 0.5) is 0 Å². The lowest BCUT2D eigenvalue weighted by molar-refractivity contribution is -0.313. The molecule has 9 heteroatoms. The molecule has 0 bridgehead atoms. The second kappa shape index (κ2) is 7.05. The SMILES string of the molecule is O=c1[nH]c(Cl)c(CCCCCCP(=O)([O-])[O-])c(=O)[nH]1. The van der Waals surface area contributed by atoms with Crippen LogP contribution in [0.1, 0.15) is 31.2 Å². The Labute approximate surface area is 114 Å². The molecule has 0 aliphatic rings. The molecule has 0 spiro atoms. The minimum atomic E-state index is -4.41. The smallest absolute Gasteiger partial charge is 0.326 e. The Balaban J connectivity index is 2.37. The van der Waals surface area contributed by atoms with Crippen molar-refractivity contribution < 1.29 is 14.4 Å². The second-order valence-corrected chi connectivity index (χ2v) is 6.25. The third-order valence-corrected chi connectivity index (χ3v) is 3.78. The standard InChI is InChI=1S/C10H16ClN2O5P/c11-8-7(9(14)13-10(15)12-8)5-3-1-2-4-6-19(16,17)18/h1-6H2,(H2,16,17,18)(H2,12,13,14,15)/p-2. The van der Waals surface area contributed by atoms with Crippen LogP contribution in [0, 0.1) is 0 Å². The summed E-state index contributed by atoms with van der Waals surface area (Å²) < 4.78 is 10.4.